The molecule has 0 fully saturated rings. The van der Waals surface area contributed by atoms with Crippen LogP contribution < -0.4 is 5.32 Å². The highest BCUT2D eigenvalue weighted by Gasteiger charge is 1.99. The van der Waals surface area contributed by atoms with Gasteiger partial charge in [0.2, 0.25) is 0 Å². The molecule has 0 bridgehead atoms. The summed E-state index contributed by atoms with van der Waals surface area (Å²) < 4.78 is 0. The van der Waals surface area contributed by atoms with E-state index >= 15 is 0 Å². The molecule has 1 N–H and O–H groups in total. The van der Waals surface area contributed by atoms with Gasteiger partial charge in [-0.3, -0.25) is 0 Å². The lowest BCUT2D eigenvalue weighted by Crippen LogP contribution is -2.28. The molecule has 0 radical (unpaired) electrons. The lowest BCUT2D eigenvalue weighted by atomic mass is 10.1. The molecule has 0 unspecified atom stereocenters. The lowest BCUT2D eigenvalue weighted by Gasteiger charge is -2.18. The summed E-state index contributed by atoms with van der Waals surface area (Å²) in [4.78, 5) is 2.42. The minimum atomic E-state index is 0.992. The van der Waals surface area contributed by atoms with Crippen molar-refractivity contribution in [2.24, 2.45) is 0 Å². The predicted octanol–water partition coefficient (Wildman–Crippen LogP) is 4.11. The summed E-state index contributed by atoms with van der Waals surface area (Å²) in [6.45, 7) is 8.73. The van der Waals surface area contributed by atoms with Crippen LogP contribution in [0.4, 0.5) is 5.69 Å². The standard InChI is InChI=1S/C18H24N2/c1-3-20(4-2)15-14-19-18-12-10-17(11-13-18)16-8-6-5-7-9-16/h5-13,19H,3-4,14-15H2,1-2H3. The van der Waals surface area contributed by atoms with Gasteiger partial charge in [0.1, 0.15) is 0 Å². The van der Waals surface area contributed by atoms with Crippen molar-refractivity contribution < 1.29 is 0 Å². The summed E-state index contributed by atoms with van der Waals surface area (Å²) in [6, 6.07) is 19.1. The van der Waals surface area contributed by atoms with Gasteiger partial charge >= 0.3 is 0 Å². The van der Waals surface area contributed by atoms with Crippen LogP contribution in [-0.4, -0.2) is 31.1 Å². The molecule has 0 atom stereocenters. The largest absolute Gasteiger partial charge is 0.384 e. The highest BCUT2D eigenvalue weighted by molar-refractivity contribution is 5.65. The summed E-state index contributed by atoms with van der Waals surface area (Å²) in [5.41, 5.74) is 3.72. The average Bonchev–Trinajstić information content (AvgIpc) is 2.53. The second-order valence-corrected chi connectivity index (χ2v) is 4.90. The topological polar surface area (TPSA) is 15.3 Å². The number of likely N-dealkylation sites (N-methyl/N-ethyl adjacent to an activating group) is 1. The van der Waals surface area contributed by atoms with Gasteiger partial charge in [0.15, 0.2) is 0 Å². The number of nitrogens with zero attached hydrogens (tertiary/aromatic N) is 1. The third-order valence-electron chi connectivity index (χ3n) is 3.64. The molecule has 2 rings (SSSR count). The SMILES string of the molecule is CCN(CC)CCNc1ccc(-c2ccccc2)cc1. The van der Waals surface area contributed by atoms with Crippen LogP contribution in [0.25, 0.3) is 11.1 Å². The van der Waals surface area contributed by atoms with Crippen molar-refractivity contribution in [2.45, 2.75) is 13.8 Å². The Labute approximate surface area is 122 Å². The van der Waals surface area contributed by atoms with Crippen LogP contribution in [0, 0.1) is 0 Å². The molecule has 0 spiro atoms. The zero-order chi connectivity index (χ0) is 14.2. The molecule has 20 heavy (non-hydrogen) atoms. The molecular formula is C18H24N2. The first kappa shape index (κ1) is 14.6. The summed E-state index contributed by atoms with van der Waals surface area (Å²) in [6.07, 6.45) is 0. The van der Waals surface area contributed by atoms with E-state index in [0.29, 0.717) is 0 Å². The van der Waals surface area contributed by atoms with E-state index in [4.69, 9.17) is 0 Å². The molecule has 0 saturated carbocycles. The highest BCUT2D eigenvalue weighted by Crippen LogP contribution is 2.20. The molecule has 0 aromatic heterocycles. The molecule has 0 heterocycles. The number of hydrogen-bond acceptors (Lipinski definition) is 2. The van der Waals surface area contributed by atoms with Crippen LogP contribution in [0.2, 0.25) is 0 Å². The Kier molecular flexibility index (Phi) is 5.63. The molecule has 0 saturated heterocycles. The molecule has 0 aliphatic heterocycles. The summed E-state index contributed by atoms with van der Waals surface area (Å²) in [5.74, 6) is 0. The molecule has 0 aliphatic carbocycles. The Hall–Kier alpha value is -1.80. The van der Waals surface area contributed by atoms with Crippen LogP contribution in [0.15, 0.2) is 54.6 Å². The molecule has 106 valence electrons. The second kappa shape index (κ2) is 7.71. The number of anilines is 1. The predicted molar refractivity (Wildman–Crippen MR) is 88.2 cm³/mol. The zero-order valence-corrected chi connectivity index (χ0v) is 12.5. The fourth-order valence-electron chi connectivity index (χ4n) is 2.31. The first-order chi connectivity index (χ1) is 9.83. The number of nitrogens with one attached hydrogen (secondary N) is 1. The maximum absolute atomic E-state index is 3.48. The molecule has 2 nitrogen and oxygen atoms in total. The van der Waals surface area contributed by atoms with Crippen LogP contribution in [0.5, 0.6) is 0 Å². The zero-order valence-electron chi connectivity index (χ0n) is 12.5. The highest BCUT2D eigenvalue weighted by atomic mass is 15.1. The van der Waals surface area contributed by atoms with Gasteiger partial charge in [0.05, 0.1) is 0 Å². The van der Waals surface area contributed by atoms with Crippen LogP contribution >= 0.6 is 0 Å². The van der Waals surface area contributed by atoms with Crippen LogP contribution in [-0.2, 0) is 0 Å². The Balaban J connectivity index is 1.89. The Bertz CT molecular complexity index is 487. The Morgan fingerprint density at radius 3 is 2.00 bits per heavy atom. The van der Waals surface area contributed by atoms with Gasteiger partial charge in [-0.05, 0) is 36.3 Å². The third-order valence-corrected chi connectivity index (χ3v) is 3.64. The van der Waals surface area contributed by atoms with E-state index in [1.54, 1.807) is 0 Å². The number of benzene rings is 2. The minimum absolute atomic E-state index is 0.992. The Morgan fingerprint density at radius 2 is 1.40 bits per heavy atom. The Morgan fingerprint density at radius 1 is 0.800 bits per heavy atom. The van der Waals surface area contributed by atoms with E-state index < -0.39 is 0 Å². The fraction of sp³-hybridized carbons (Fsp3) is 0.333. The number of hydrogen-bond donors (Lipinski definition) is 1. The molecular weight excluding hydrogens is 244 g/mol. The van der Waals surface area contributed by atoms with Gasteiger partial charge < -0.3 is 10.2 Å². The first-order valence-electron chi connectivity index (χ1n) is 7.45. The second-order valence-electron chi connectivity index (χ2n) is 4.90. The average molecular weight is 268 g/mol. The lowest BCUT2D eigenvalue weighted by molar-refractivity contribution is 0.316. The quantitative estimate of drug-likeness (QED) is 0.813. The molecule has 0 aliphatic rings. The minimum Gasteiger partial charge on any atom is -0.384 e. The summed E-state index contributed by atoms with van der Waals surface area (Å²) >= 11 is 0. The molecule has 0 amide bonds. The van der Waals surface area contributed by atoms with Crippen molar-refractivity contribution in [3.05, 3.63) is 54.6 Å². The van der Waals surface area contributed by atoms with E-state index in [0.717, 1.165) is 26.2 Å². The van der Waals surface area contributed by atoms with E-state index in [2.05, 4.69) is 72.6 Å². The van der Waals surface area contributed by atoms with Crippen molar-refractivity contribution in [2.75, 3.05) is 31.5 Å². The van der Waals surface area contributed by atoms with Gasteiger partial charge in [0, 0.05) is 18.8 Å². The van der Waals surface area contributed by atoms with Gasteiger partial charge in [-0.2, -0.15) is 0 Å². The van der Waals surface area contributed by atoms with Crippen LogP contribution in [0.3, 0.4) is 0 Å². The van der Waals surface area contributed by atoms with Crippen LogP contribution in [0.1, 0.15) is 13.8 Å². The van der Waals surface area contributed by atoms with Gasteiger partial charge in [0.25, 0.3) is 0 Å². The monoisotopic (exact) mass is 268 g/mol. The van der Waals surface area contributed by atoms with Crippen molar-refractivity contribution in [3.8, 4) is 11.1 Å². The maximum Gasteiger partial charge on any atom is 0.0341 e. The van der Waals surface area contributed by atoms with Crippen molar-refractivity contribution in [1.29, 1.82) is 0 Å². The van der Waals surface area contributed by atoms with E-state index in [1.807, 2.05) is 6.07 Å². The maximum atomic E-state index is 3.48. The van der Waals surface area contributed by atoms with Gasteiger partial charge in [-0.15, -0.1) is 0 Å². The van der Waals surface area contributed by atoms with Crippen molar-refractivity contribution in [1.82, 2.24) is 4.90 Å². The van der Waals surface area contributed by atoms with Gasteiger partial charge in [-0.1, -0.05) is 56.3 Å². The smallest absolute Gasteiger partial charge is 0.0341 e. The molecule has 2 aromatic carbocycles. The number of rotatable bonds is 7. The summed E-state index contributed by atoms with van der Waals surface area (Å²) in [5, 5.41) is 3.48. The van der Waals surface area contributed by atoms with Crippen molar-refractivity contribution in [3.63, 3.8) is 0 Å². The van der Waals surface area contributed by atoms with E-state index in [9.17, 15) is 0 Å². The third kappa shape index (κ3) is 4.10. The van der Waals surface area contributed by atoms with Crippen molar-refractivity contribution >= 4 is 5.69 Å². The fourth-order valence-corrected chi connectivity index (χ4v) is 2.31. The normalized spacial score (nSPS) is 10.8. The first-order valence-corrected chi connectivity index (χ1v) is 7.45. The molecule has 2 aromatic rings. The van der Waals surface area contributed by atoms with Gasteiger partial charge in [-0.25, -0.2) is 0 Å². The van der Waals surface area contributed by atoms with E-state index in [1.165, 1.54) is 16.8 Å². The summed E-state index contributed by atoms with van der Waals surface area (Å²) in [7, 11) is 0. The molecule has 2 heteroatoms. The van der Waals surface area contributed by atoms with E-state index in [-0.39, 0.29) is 0 Å².